The molecular formula is C12H24N2O4S. The highest BCUT2D eigenvalue weighted by atomic mass is 32.2. The van der Waals surface area contributed by atoms with Crippen LogP contribution in [-0.2, 0) is 19.7 Å². The highest BCUT2D eigenvalue weighted by molar-refractivity contribution is 7.87. The summed E-state index contributed by atoms with van der Waals surface area (Å²) in [5.74, 6) is -0.473. The number of nitrogens with zero attached hydrogens (tertiary/aromatic N) is 1. The first-order valence-electron chi connectivity index (χ1n) is 6.55. The number of ether oxygens (including phenoxy) is 1. The fraction of sp³-hybridized carbons (Fsp3) is 0.917. The molecule has 0 radical (unpaired) electrons. The second kappa shape index (κ2) is 5.76. The number of rotatable bonds is 4. The van der Waals surface area contributed by atoms with Crippen molar-refractivity contribution in [2.75, 3.05) is 6.54 Å². The topological polar surface area (TPSA) is 75.7 Å². The van der Waals surface area contributed by atoms with Crippen LogP contribution in [-0.4, -0.2) is 42.9 Å². The van der Waals surface area contributed by atoms with Crippen LogP contribution >= 0.6 is 0 Å². The molecule has 0 unspecified atom stereocenters. The molecule has 1 fully saturated rings. The van der Waals surface area contributed by atoms with E-state index < -0.39 is 27.8 Å². The monoisotopic (exact) mass is 292 g/mol. The first-order chi connectivity index (χ1) is 8.53. The average Bonchev–Trinajstić information content (AvgIpc) is 2.60. The smallest absolute Gasteiger partial charge is 0.325 e. The van der Waals surface area contributed by atoms with E-state index in [1.807, 2.05) is 0 Å². The number of hydrogen-bond donors (Lipinski definition) is 1. The molecule has 0 aliphatic carbocycles. The lowest BCUT2D eigenvalue weighted by Crippen LogP contribution is -2.49. The molecule has 1 aliphatic heterocycles. The summed E-state index contributed by atoms with van der Waals surface area (Å²) in [7, 11) is -3.63. The molecule has 19 heavy (non-hydrogen) atoms. The normalized spacial score (nSPS) is 21.9. The Balaban J connectivity index is 2.82. The molecule has 112 valence electrons. The Kier molecular flexibility index (Phi) is 4.97. The molecule has 1 rings (SSSR count). The van der Waals surface area contributed by atoms with Gasteiger partial charge in [0.05, 0.1) is 0 Å². The van der Waals surface area contributed by atoms with Gasteiger partial charge in [-0.2, -0.15) is 17.4 Å². The van der Waals surface area contributed by atoms with E-state index in [1.165, 1.54) is 4.31 Å². The SMILES string of the molecule is CC(C)NS(=O)(=O)N1CCC[C@H]1C(=O)OC(C)(C)C. The third-order valence-corrected chi connectivity index (χ3v) is 4.40. The van der Waals surface area contributed by atoms with Crippen LogP contribution in [0.2, 0.25) is 0 Å². The number of esters is 1. The molecule has 0 spiro atoms. The maximum Gasteiger partial charge on any atom is 0.325 e. The van der Waals surface area contributed by atoms with E-state index in [1.54, 1.807) is 34.6 Å². The van der Waals surface area contributed by atoms with Crippen LogP contribution < -0.4 is 4.72 Å². The first kappa shape index (κ1) is 16.4. The molecule has 0 aromatic heterocycles. The molecule has 1 saturated heterocycles. The Morgan fingerprint density at radius 1 is 1.37 bits per heavy atom. The Labute approximate surface area is 115 Å². The highest BCUT2D eigenvalue weighted by Gasteiger charge is 2.40. The summed E-state index contributed by atoms with van der Waals surface area (Å²) in [4.78, 5) is 12.0. The Bertz CT molecular complexity index is 426. The van der Waals surface area contributed by atoms with Crippen molar-refractivity contribution in [3.63, 3.8) is 0 Å². The van der Waals surface area contributed by atoms with Crippen LogP contribution in [0.15, 0.2) is 0 Å². The molecule has 1 aliphatic rings. The lowest BCUT2D eigenvalue weighted by Gasteiger charge is -2.27. The molecule has 1 N–H and O–H groups in total. The van der Waals surface area contributed by atoms with Gasteiger partial charge in [0.2, 0.25) is 0 Å². The number of carbonyl (C=O) groups excluding carboxylic acids is 1. The largest absolute Gasteiger partial charge is 0.459 e. The van der Waals surface area contributed by atoms with Crippen molar-refractivity contribution in [2.24, 2.45) is 0 Å². The zero-order valence-corrected chi connectivity index (χ0v) is 13.1. The van der Waals surface area contributed by atoms with Crippen molar-refractivity contribution in [3.05, 3.63) is 0 Å². The third kappa shape index (κ3) is 4.74. The van der Waals surface area contributed by atoms with Crippen LogP contribution in [0, 0.1) is 0 Å². The molecule has 7 heteroatoms. The van der Waals surface area contributed by atoms with Crippen molar-refractivity contribution in [1.82, 2.24) is 9.03 Å². The van der Waals surface area contributed by atoms with Gasteiger partial charge in [-0.15, -0.1) is 0 Å². The lowest BCUT2D eigenvalue weighted by atomic mass is 10.2. The van der Waals surface area contributed by atoms with Gasteiger partial charge in [-0.1, -0.05) is 0 Å². The maximum absolute atomic E-state index is 12.1. The highest BCUT2D eigenvalue weighted by Crippen LogP contribution is 2.23. The van der Waals surface area contributed by atoms with Gasteiger partial charge in [-0.25, -0.2) is 0 Å². The van der Waals surface area contributed by atoms with Gasteiger partial charge < -0.3 is 4.74 Å². The van der Waals surface area contributed by atoms with Crippen molar-refractivity contribution >= 4 is 16.2 Å². The Morgan fingerprint density at radius 2 is 1.95 bits per heavy atom. The van der Waals surface area contributed by atoms with E-state index in [-0.39, 0.29) is 6.04 Å². The van der Waals surface area contributed by atoms with Gasteiger partial charge in [0.15, 0.2) is 0 Å². The fourth-order valence-corrected chi connectivity index (χ4v) is 3.63. The molecule has 0 saturated carbocycles. The average molecular weight is 292 g/mol. The van der Waals surface area contributed by atoms with Gasteiger partial charge in [-0.05, 0) is 47.5 Å². The van der Waals surface area contributed by atoms with Gasteiger partial charge >= 0.3 is 5.97 Å². The van der Waals surface area contributed by atoms with Gasteiger partial charge in [-0.3, -0.25) is 4.79 Å². The fourth-order valence-electron chi connectivity index (χ4n) is 2.00. The van der Waals surface area contributed by atoms with Gasteiger partial charge in [0, 0.05) is 12.6 Å². The van der Waals surface area contributed by atoms with Gasteiger partial charge in [0.1, 0.15) is 11.6 Å². The van der Waals surface area contributed by atoms with Crippen LogP contribution in [0.4, 0.5) is 0 Å². The lowest BCUT2D eigenvalue weighted by molar-refractivity contribution is -0.158. The van der Waals surface area contributed by atoms with Crippen LogP contribution in [0.3, 0.4) is 0 Å². The molecule has 0 aromatic rings. The van der Waals surface area contributed by atoms with E-state index >= 15 is 0 Å². The molecular weight excluding hydrogens is 268 g/mol. The Morgan fingerprint density at radius 3 is 2.42 bits per heavy atom. The van der Waals surface area contributed by atoms with Gasteiger partial charge in [0.25, 0.3) is 10.2 Å². The molecule has 1 heterocycles. The van der Waals surface area contributed by atoms with Crippen molar-refractivity contribution < 1.29 is 17.9 Å². The zero-order valence-electron chi connectivity index (χ0n) is 12.3. The number of nitrogens with one attached hydrogen (secondary N) is 1. The first-order valence-corrected chi connectivity index (χ1v) is 7.99. The predicted octanol–water partition coefficient (Wildman–Crippen LogP) is 1.04. The molecule has 0 bridgehead atoms. The predicted molar refractivity (Wildman–Crippen MR) is 72.8 cm³/mol. The minimum absolute atomic E-state index is 0.204. The van der Waals surface area contributed by atoms with Crippen LogP contribution in [0.25, 0.3) is 0 Å². The molecule has 0 aromatic carbocycles. The summed E-state index contributed by atoms with van der Waals surface area (Å²) in [6.45, 7) is 9.15. The minimum Gasteiger partial charge on any atom is -0.459 e. The summed E-state index contributed by atoms with van der Waals surface area (Å²) in [5, 5.41) is 0. The zero-order chi connectivity index (χ0) is 14.8. The second-order valence-electron chi connectivity index (χ2n) is 6.08. The summed E-state index contributed by atoms with van der Waals surface area (Å²) < 4.78 is 33.2. The summed E-state index contributed by atoms with van der Waals surface area (Å²) in [5.41, 5.74) is -0.611. The molecule has 6 nitrogen and oxygen atoms in total. The second-order valence-corrected chi connectivity index (χ2v) is 7.73. The summed E-state index contributed by atoms with van der Waals surface area (Å²) in [6.07, 6.45) is 1.18. The van der Waals surface area contributed by atoms with E-state index in [0.717, 1.165) is 0 Å². The standard InChI is InChI=1S/C12H24N2O4S/c1-9(2)13-19(16,17)14-8-6-7-10(14)11(15)18-12(3,4)5/h9-10,13H,6-8H2,1-5H3/t10-/m0/s1. The van der Waals surface area contributed by atoms with E-state index in [4.69, 9.17) is 4.74 Å². The molecule has 0 amide bonds. The van der Waals surface area contributed by atoms with E-state index in [2.05, 4.69) is 4.72 Å². The quantitative estimate of drug-likeness (QED) is 0.785. The molecule has 1 atom stereocenters. The summed E-state index contributed by atoms with van der Waals surface area (Å²) >= 11 is 0. The van der Waals surface area contributed by atoms with Crippen molar-refractivity contribution in [1.29, 1.82) is 0 Å². The minimum atomic E-state index is -3.63. The van der Waals surface area contributed by atoms with Crippen LogP contribution in [0.1, 0.15) is 47.5 Å². The summed E-state index contributed by atoms with van der Waals surface area (Å²) in [6, 6.07) is -0.916. The number of carbonyl (C=O) groups is 1. The van der Waals surface area contributed by atoms with E-state index in [9.17, 15) is 13.2 Å². The maximum atomic E-state index is 12.1. The van der Waals surface area contributed by atoms with E-state index in [0.29, 0.717) is 19.4 Å². The van der Waals surface area contributed by atoms with Crippen molar-refractivity contribution in [2.45, 2.75) is 65.1 Å². The van der Waals surface area contributed by atoms with Crippen LogP contribution in [0.5, 0.6) is 0 Å². The third-order valence-electron chi connectivity index (χ3n) is 2.58. The van der Waals surface area contributed by atoms with Crippen molar-refractivity contribution in [3.8, 4) is 0 Å². The Hall–Kier alpha value is -0.660. The number of hydrogen-bond acceptors (Lipinski definition) is 4.